The number of ether oxygens (including phenoxy) is 3. The summed E-state index contributed by atoms with van der Waals surface area (Å²) in [4.78, 5) is 0. The summed E-state index contributed by atoms with van der Waals surface area (Å²) in [7, 11) is 3.37. The molecule has 27 heavy (non-hydrogen) atoms. The van der Waals surface area contributed by atoms with E-state index in [4.69, 9.17) is 14.2 Å². The molecule has 6 nitrogen and oxygen atoms in total. The minimum atomic E-state index is 0.653. The molecule has 140 valence electrons. The monoisotopic (exact) mass is 365 g/mol. The molecule has 0 saturated heterocycles. The number of hydrogen-bond donors (Lipinski definition) is 2. The van der Waals surface area contributed by atoms with Gasteiger partial charge in [0.2, 0.25) is 0 Å². The number of fused-ring (bicyclic) bond motifs is 3. The van der Waals surface area contributed by atoms with Crippen molar-refractivity contribution in [2.75, 3.05) is 32.8 Å². The van der Waals surface area contributed by atoms with Crippen LogP contribution in [0, 0.1) is 0 Å². The van der Waals surface area contributed by atoms with E-state index in [1.165, 1.54) is 11.1 Å². The molecule has 0 atom stereocenters. The van der Waals surface area contributed by atoms with Crippen LogP contribution in [0.5, 0.6) is 11.5 Å². The highest BCUT2D eigenvalue weighted by Crippen LogP contribution is 2.40. The first-order valence-corrected chi connectivity index (χ1v) is 9.02. The molecule has 4 rings (SSSR count). The molecule has 6 heteroatoms. The molecule has 3 aromatic rings. The lowest BCUT2D eigenvalue weighted by Crippen LogP contribution is -2.01. The number of rotatable bonds is 8. The van der Waals surface area contributed by atoms with Crippen molar-refractivity contribution in [2.45, 2.75) is 12.8 Å². The van der Waals surface area contributed by atoms with E-state index in [1.807, 2.05) is 30.3 Å². The normalized spacial score (nSPS) is 11.8. The Morgan fingerprint density at radius 3 is 2.85 bits per heavy atom. The number of aromatic nitrogens is 2. The lowest BCUT2D eigenvalue weighted by molar-refractivity contribution is 0.172. The predicted molar refractivity (Wildman–Crippen MR) is 105 cm³/mol. The van der Waals surface area contributed by atoms with Crippen LogP contribution in [0.4, 0.5) is 11.5 Å². The maximum atomic E-state index is 5.82. The first kappa shape index (κ1) is 17.4. The van der Waals surface area contributed by atoms with Crippen LogP contribution in [0.25, 0.3) is 11.3 Å². The van der Waals surface area contributed by atoms with Crippen LogP contribution >= 0.6 is 0 Å². The van der Waals surface area contributed by atoms with Gasteiger partial charge in [0.05, 0.1) is 19.4 Å². The van der Waals surface area contributed by atoms with Gasteiger partial charge < -0.3 is 19.5 Å². The fourth-order valence-corrected chi connectivity index (χ4v) is 3.33. The van der Waals surface area contributed by atoms with Gasteiger partial charge in [-0.2, -0.15) is 5.10 Å². The summed E-state index contributed by atoms with van der Waals surface area (Å²) in [6.07, 6.45) is 1.70. The van der Waals surface area contributed by atoms with Crippen molar-refractivity contribution in [3.63, 3.8) is 0 Å². The van der Waals surface area contributed by atoms with E-state index >= 15 is 0 Å². The third-order valence-corrected chi connectivity index (χ3v) is 4.67. The van der Waals surface area contributed by atoms with Gasteiger partial charge in [-0.25, -0.2) is 0 Å². The Morgan fingerprint density at radius 2 is 2.00 bits per heavy atom. The van der Waals surface area contributed by atoms with E-state index in [-0.39, 0.29) is 0 Å². The molecule has 1 heterocycles. The average Bonchev–Trinajstić information content (AvgIpc) is 3.25. The molecule has 0 spiro atoms. The standard InChI is InChI=1S/C21H23N3O3/c1-25-9-4-10-27-17-7-8-18-14(11-17)12-19-20(18)23-24-21(19)22-15-5-3-6-16(13-15)26-2/h3,5-8,11,13H,4,9-10,12H2,1-2H3,(H2,22,23,24). The van der Waals surface area contributed by atoms with Crippen LogP contribution in [0.15, 0.2) is 42.5 Å². The Balaban J connectivity index is 1.50. The van der Waals surface area contributed by atoms with Crippen LogP contribution in [0.3, 0.4) is 0 Å². The van der Waals surface area contributed by atoms with Gasteiger partial charge in [0, 0.05) is 49.4 Å². The third-order valence-electron chi connectivity index (χ3n) is 4.67. The SMILES string of the molecule is COCCCOc1ccc2c(c1)Cc1c-2n[nH]c1Nc1cccc(OC)c1. The summed E-state index contributed by atoms with van der Waals surface area (Å²) in [6.45, 7) is 1.36. The molecule has 2 aromatic carbocycles. The van der Waals surface area contributed by atoms with Crippen molar-refractivity contribution in [1.29, 1.82) is 0 Å². The number of nitrogens with one attached hydrogen (secondary N) is 2. The molecule has 0 saturated carbocycles. The number of H-pyrrole nitrogens is 1. The van der Waals surface area contributed by atoms with E-state index < -0.39 is 0 Å². The Morgan fingerprint density at radius 1 is 1.07 bits per heavy atom. The van der Waals surface area contributed by atoms with Crippen molar-refractivity contribution in [2.24, 2.45) is 0 Å². The van der Waals surface area contributed by atoms with E-state index in [2.05, 4.69) is 27.6 Å². The first-order chi connectivity index (χ1) is 13.3. The molecule has 1 aliphatic carbocycles. The Hall–Kier alpha value is -2.99. The van der Waals surface area contributed by atoms with Gasteiger partial charge in [-0.05, 0) is 35.9 Å². The van der Waals surface area contributed by atoms with Gasteiger partial charge in [-0.1, -0.05) is 6.07 Å². The van der Waals surface area contributed by atoms with Crippen LogP contribution in [-0.2, 0) is 11.2 Å². The topological polar surface area (TPSA) is 68.4 Å². The number of methoxy groups -OCH3 is 2. The van der Waals surface area contributed by atoms with Crippen molar-refractivity contribution in [3.05, 3.63) is 53.6 Å². The number of nitrogens with zero attached hydrogens (tertiary/aromatic N) is 1. The molecule has 1 aromatic heterocycles. The van der Waals surface area contributed by atoms with Crippen LogP contribution in [0.1, 0.15) is 17.5 Å². The highest BCUT2D eigenvalue weighted by molar-refractivity contribution is 5.80. The van der Waals surface area contributed by atoms with E-state index in [0.29, 0.717) is 13.2 Å². The number of anilines is 2. The zero-order chi connectivity index (χ0) is 18.6. The van der Waals surface area contributed by atoms with Crippen LogP contribution in [0.2, 0.25) is 0 Å². The van der Waals surface area contributed by atoms with Crippen molar-refractivity contribution >= 4 is 11.5 Å². The molecule has 0 unspecified atom stereocenters. The second-order valence-corrected chi connectivity index (χ2v) is 6.47. The second-order valence-electron chi connectivity index (χ2n) is 6.47. The molecule has 0 fully saturated rings. The molecule has 0 radical (unpaired) electrons. The molecule has 0 bridgehead atoms. The van der Waals surface area contributed by atoms with Gasteiger partial charge in [-0.15, -0.1) is 0 Å². The number of aromatic amines is 1. The summed E-state index contributed by atoms with van der Waals surface area (Å²) in [5.74, 6) is 2.62. The zero-order valence-electron chi connectivity index (χ0n) is 15.5. The first-order valence-electron chi connectivity index (χ1n) is 9.02. The predicted octanol–water partition coefficient (Wildman–Crippen LogP) is 4.15. The molecule has 0 amide bonds. The minimum absolute atomic E-state index is 0.653. The van der Waals surface area contributed by atoms with Crippen molar-refractivity contribution < 1.29 is 14.2 Å². The highest BCUT2D eigenvalue weighted by Gasteiger charge is 2.25. The van der Waals surface area contributed by atoms with Gasteiger partial charge in [0.25, 0.3) is 0 Å². The molecular formula is C21H23N3O3. The number of hydrogen-bond acceptors (Lipinski definition) is 5. The molecule has 1 aliphatic rings. The summed E-state index contributed by atoms with van der Waals surface area (Å²) in [5, 5.41) is 11.0. The maximum absolute atomic E-state index is 5.82. The highest BCUT2D eigenvalue weighted by atomic mass is 16.5. The van der Waals surface area contributed by atoms with E-state index in [0.717, 1.165) is 47.1 Å². The zero-order valence-corrected chi connectivity index (χ0v) is 15.5. The lowest BCUT2D eigenvalue weighted by atomic mass is 10.1. The van der Waals surface area contributed by atoms with Crippen molar-refractivity contribution in [1.82, 2.24) is 10.2 Å². The third kappa shape index (κ3) is 3.61. The second kappa shape index (κ2) is 7.72. The van der Waals surface area contributed by atoms with E-state index in [1.54, 1.807) is 14.2 Å². The fraction of sp³-hybridized carbons (Fsp3) is 0.286. The summed E-state index contributed by atoms with van der Waals surface area (Å²) < 4.78 is 16.2. The van der Waals surface area contributed by atoms with Gasteiger partial charge >= 0.3 is 0 Å². The van der Waals surface area contributed by atoms with Gasteiger partial charge in [-0.3, -0.25) is 5.10 Å². The van der Waals surface area contributed by atoms with Crippen molar-refractivity contribution in [3.8, 4) is 22.8 Å². The van der Waals surface area contributed by atoms with Gasteiger partial charge in [0.1, 0.15) is 17.3 Å². The minimum Gasteiger partial charge on any atom is -0.497 e. The quantitative estimate of drug-likeness (QED) is 0.459. The van der Waals surface area contributed by atoms with Gasteiger partial charge in [0.15, 0.2) is 0 Å². The summed E-state index contributed by atoms with van der Waals surface area (Å²) >= 11 is 0. The average molecular weight is 365 g/mol. The summed E-state index contributed by atoms with van der Waals surface area (Å²) in [6, 6.07) is 14.0. The van der Waals surface area contributed by atoms with E-state index in [9.17, 15) is 0 Å². The maximum Gasteiger partial charge on any atom is 0.130 e. The van der Waals surface area contributed by atoms with Crippen LogP contribution < -0.4 is 14.8 Å². The fourth-order valence-electron chi connectivity index (χ4n) is 3.33. The molecule has 2 N–H and O–H groups in total. The molecular weight excluding hydrogens is 342 g/mol. The number of benzene rings is 2. The summed E-state index contributed by atoms with van der Waals surface area (Å²) in [5.41, 5.74) is 5.52. The van der Waals surface area contributed by atoms with Crippen LogP contribution in [-0.4, -0.2) is 37.6 Å². The Kier molecular flexibility index (Phi) is 4.98. The Bertz CT molecular complexity index is 936. The molecule has 0 aliphatic heterocycles. The Labute approximate surface area is 158 Å². The smallest absolute Gasteiger partial charge is 0.130 e. The lowest BCUT2D eigenvalue weighted by Gasteiger charge is -2.08. The largest absolute Gasteiger partial charge is 0.497 e.